The fourth-order valence-corrected chi connectivity index (χ4v) is 3.45. The molecule has 0 bridgehead atoms. The Morgan fingerprint density at radius 1 is 1.18 bits per heavy atom. The molecular weight excluding hydrogens is 268 g/mol. The van der Waals surface area contributed by atoms with Crippen molar-refractivity contribution in [3.05, 3.63) is 35.4 Å². The summed E-state index contributed by atoms with van der Waals surface area (Å²) in [6.45, 7) is 10.2. The van der Waals surface area contributed by atoms with Crippen LogP contribution in [0.2, 0.25) is 0 Å². The van der Waals surface area contributed by atoms with Gasteiger partial charge in [-0.15, -0.1) is 0 Å². The number of nitrogens with two attached hydrogens (primary N) is 1. The number of nitrogens with one attached hydrogen (secondary N) is 1. The molecule has 2 heteroatoms. The van der Waals surface area contributed by atoms with Crippen LogP contribution in [0.15, 0.2) is 24.3 Å². The van der Waals surface area contributed by atoms with Crippen LogP contribution in [0, 0.1) is 5.92 Å². The predicted octanol–water partition coefficient (Wildman–Crippen LogP) is 4.02. The molecule has 1 aliphatic rings. The minimum Gasteiger partial charge on any atom is -0.328 e. The molecule has 1 aromatic rings. The second-order valence-corrected chi connectivity index (χ2v) is 8.25. The fourth-order valence-electron chi connectivity index (χ4n) is 3.45. The van der Waals surface area contributed by atoms with Crippen LogP contribution in [0.5, 0.6) is 0 Å². The third kappa shape index (κ3) is 5.40. The maximum atomic E-state index is 6.08. The highest BCUT2D eigenvalue weighted by Crippen LogP contribution is 2.23. The van der Waals surface area contributed by atoms with Gasteiger partial charge in [0.25, 0.3) is 0 Å². The van der Waals surface area contributed by atoms with Crippen molar-refractivity contribution in [1.29, 1.82) is 0 Å². The molecule has 0 saturated heterocycles. The van der Waals surface area contributed by atoms with Crippen LogP contribution < -0.4 is 11.1 Å². The van der Waals surface area contributed by atoms with Crippen molar-refractivity contribution in [3.63, 3.8) is 0 Å². The van der Waals surface area contributed by atoms with E-state index >= 15 is 0 Å². The zero-order valence-corrected chi connectivity index (χ0v) is 14.9. The molecule has 2 rings (SSSR count). The van der Waals surface area contributed by atoms with Crippen LogP contribution in [0.1, 0.15) is 64.5 Å². The Labute approximate surface area is 136 Å². The summed E-state index contributed by atoms with van der Waals surface area (Å²) >= 11 is 0. The van der Waals surface area contributed by atoms with E-state index in [9.17, 15) is 0 Å². The SMILES string of the molecule is CC(Cc1ccc(C(C)(C)C)cc1)NC[C@H]1CCC[C@H](N)C1. The standard InChI is InChI=1S/C20H34N2/c1-15(22-14-17-6-5-7-19(21)13-17)12-16-8-10-18(11-9-16)20(2,3)4/h8-11,15,17,19,22H,5-7,12-14,21H2,1-4H3/t15?,17-,19-/m0/s1. The summed E-state index contributed by atoms with van der Waals surface area (Å²) in [7, 11) is 0. The Hall–Kier alpha value is -0.860. The lowest BCUT2D eigenvalue weighted by atomic mass is 9.85. The number of hydrogen-bond acceptors (Lipinski definition) is 2. The van der Waals surface area contributed by atoms with Crippen molar-refractivity contribution < 1.29 is 0 Å². The minimum absolute atomic E-state index is 0.238. The van der Waals surface area contributed by atoms with E-state index in [-0.39, 0.29) is 5.41 Å². The van der Waals surface area contributed by atoms with Crippen LogP contribution in [0.25, 0.3) is 0 Å². The molecule has 0 radical (unpaired) electrons. The van der Waals surface area contributed by atoms with Gasteiger partial charge in [0.2, 0.25) is 0 Å². The van der Waals surface area contributed by atoms with Crippen molar-refractivity contribution in [1.82, 2.24) is 5.32 Å². The van der Waals surface area contributed by atoms with E-state index in [0.717, 1.165) is 18.9 Å². The molecule has 2 nitrogen and oxygen atoms in total. The van der Waals surface area contributed by atoms with Crippen molar-refractivity contribution in [2.24, 2.45) is 11.7 Å². The van der Waals surface area contributed by atoms with Crippen LogP contribution >= 0.6 is 0 Å². The molecule has 3 N–H and O–H groups in total. The van der Waals surface area contributed by atoms with E-state index in [1.165, 1.54) is 36.8 Å². The molecule has 3 atom stereocenters. The Kier molecular flexibility index (Phi) is 6.05. The largest absolute Gasteiger partial charge is 0.328 e. The topological polar surface area (TPSA) is 38.0 Å². The van der Waals surface area contributed by atoms with Gasteiger partial charge in [-0.2, -0.15) is 0 Å². The Bertz CT molecular complexity index is 444. The predicted molar refractivity (Wildman–Crippen MR) is 96.2 cm³/mol. The van der Waals surface area contributed by atoms with Gasteiger partial charge in [0.15, 0.2) is 0 Å². The highest BCUT2D eigenvalue weighted by Gasteiger charge is 2.19. The lowest BCUT2D eigenvalue weighted by molar-refractivity contribution is 0.302. The van der Waals surface area contributed by atoms with Crippen LogP contribution in [-0.4, -0.2) is 18.6 Å². The van der Waals surface area contributed by atoms with Gasteiger partial charge in [-0.25, -0.2) is 0 Å². The Morgan fingerprint density at radius 2 is 1.86 bits per heavy atom. The average molecular weight is 303 g/mol. The zero-order valence-electron chi connectivity index (χ0n) is 14.9. The third-order valence-corrected chi connectivity index (χ3v) is 4.94. The first-order chi connectivity index (χ1) is 10.3. The molecule has 1 aromatic carbocycles. The van der Waals surface area contributed by atoms with Crippen LogP contribution in [-0.2, 0) is 11.8 Å². The fraction of sp³-hybridized carbons (Fsp3) is 0.700. The third-order valence-electron chi connectivity index (χ3n) is 4.94. The van der Waals surface area contributed by atoms with E-state index in [2.05, 4.69) is 57.3 Å². The molecule has 1 fully saturated rings. The lowest BCUT2D eigenvalue weighted by Crippen LogP contribution is -2.37. The molecule has 22 heavy (non-hydrogen) atoms. The summed E-state index contributed by atoms with van der Waals surface area (Å²) in [6.07, 6.45) is 6.15. The van der Waals surface area contributed by atoms with Gasteiger partial charge in [0.1, 0.15) is 0 Å². The monoisotopic (exact) mass is 302 g/mol. The van der Waals surface area contributed by atoms with Crippen molar-refractivity contribution in [3.8, 4) is 0 Å². The van der Waals surface area contributed by atoms with Gasteiger partial charge in [-0.3, -0.25) is 0 Å². The summed E-state index contributed by atoms with van der Waals surface area (Å²) in [4.78, 5) is 0. The first-order valence-electron chi connectivity index (χ1n) is 8.93. The Balaban J connectivity index is 1.78. The van der Waals surface area contributed by atoms with Crippen LogP contribution in [0.4, 0.5) is 0 Å². The van der Waals surface area contributed by atoms with Gasteiger partial charge in [0, 0.05) is 12.1 Å². The molecular formula is C20H34N2. The Morgan fingerprint density at radius 3 is 2.45 bits per heavy atom. The molecule has 0 amide bonds. The highest BCUT2D eigenvalue weighted by molar-refractivity contribution is 5.27. The van der Waals surface area contributed by atoms with Gasteiger partial charge in [-0.1, -0.05) is 51.5 Å². The molecule has 124 valence electrons. The van der Waals surface area contributed by atoms with E-state index in [0.29, 0.717) is 12.1 Å². The van der Waals surface area contributed by atoms with Crippen molar-refractivity contribution >= 4 is 0 Å². The quantitative estimate of drug-likeness (QED) is 0.862. The van der Waals surface area contributed by atoms with E-state index in [4.69, 9.17) is 5.73 Å². The number of rotatable bonds is 5. The zero-order chi connectivity index (χ0) is 16.2. The van der Waals surface area contributed by atoms with Gasteiger partial charge in [-0.05, 0) is 61.6 Å². The molecule has 1 unspecified atom stereocenters. The maximum Gasteiger partial charge on any atom is 0.00792 e. The molecule has 0 heterocycles. The normalized spacial score (nSPS) is 24.2. The van der Waals surface area contributed by atoms with E-state index in [1.807, 2.05) is 0 Å². The number of hydrogen-bond donors (Lipinski definition) is 2. The van der Waals surface area contributed by atoms with Crippen molar-refractivity contribution in [2.45, 2.75) is 77.3 Å². The van der Waals surface area contributed by atoms with Crippen LogP contribution in [0.3, 0.4) is 0 Å². The summed E-state index contributed by atoms with van der Waals surface area (Å²) in [5.74, 6) is 0.773. The van der Waals surface area contributed by atoms with Gasteiger partial charge < -0.3 is 11.1 Å². The molecule has 0 spiro atoms. The first kappa shape index (κ1) is 17.5. The summed E-state index contributed by atoms with van der Waals surface area (Å²) in [6, 6.07) is 10.1. The average Bonchev–Trinajstić information content (AvgIpc) is 2.45. The number of benzene rings is 1. The van der Waals surface area contributed by atoms with Gasteiger partial charge >= 0.3 is 0 Å². The summed E-state index contributed by atoms with van der Waals surface area (Å²) in [5, 5.41) is 3.71. The van der Waals surface area contributed by atoms with Gasteiger partial charge in [0.05, 0.1) is 0 Å². The second-order valence-electron chi connectivity index (χ2n) is 8.25. The van der Waals surface area contributed by atoms with Crippen molar-refractivity contribution in [2.75, 3.05) is 6.54 Å². The molecule has 0 aliphatic heterocycles. The highest BCUT2D eigenvalue weighted by atomic mass is 14.9. The summed E-state index contributed by atoms with van der Waals surface area (Å²) in [5.41, 5.74) is 9.15. The second kappa shape index (κ2) is 7.61. The smallest absolute Gasteiger partial charge is 0.00792 e. The van der Waals surface area contributed by atoms with E-state index < -0.39 is 0 Å². The minimum atomic E-state index is 0.238. The summed E-state index contributed by atoms with van der Waals surface area (Å²) < 4.78 is 0. The first-order valence-corrected chi connectivity index (χ1v) is 8.93. The lowest BCUT2D eigenvalue weighted by Gasteiger charge is -2.28. The van der Waals surface area contributed by atoms with E-state index in [1.54, 1.807) is 0 Å². The molecule has 1 aliphatic carbocycles. The molecule has 1 saturated carbocycles. The maximum absolute atomic E-state index is 6.08. The molecule has 0 aromatic heterocycles.